The number of hydrogen-bond donors (Lipinski definition) is 4. The lowest BCUT2D eigenvalue weighted by atomic mass is 9.95. The number of thioether (sulfide) groups is 1. The molecule has 1 aromatic carbocycles. The number of benzene rings is 1. The highest BCUT2D eigenvalue weighted by Gasteiger charge is 2.64. The van der Waals surface area contributed by atoms with Gasteiger partial charge in [0.1, 0.15) is 23.5 Å². The van der Waals surface area contributed by atoms with E-state index in [1.54, 1.807) is 44.2 Å². The van der Waals surface area contributed by atoms with E-state index in [9.17, 15) is 24.3 Å². The van der Waals surface area contributed by atoms with Gasteiger partial charge in [-0.25, -0.2) is 4.79 Å². The van der Waals surface area contributed by atoms with Gasteiger partial charge in [0.2, 0.25) is 17.7 Å². The summed E-state index contributed by atoms with van der Waals surface area (Å²) in [6, 6.07) is 5.89. The van der Waals surface area contributed by atoms with Crippen molar-refractivity contribution >= 4 is 35.5 Å². The molecule has 4 atom stereocenters. The van der Waals surface area contributed by atoms with Crippen molar-refractivity contribution in [1.29, 1.82) is 0 Å². The minimum Gasteiger partial charge on any atom is -0.480 e. The van der Waals surface area contributed by atoms with E-state index in [2.05, 4.69) is 26.0 Å². The molecule has 0 aliphatic carbocycles. The van der Waals surface area contributed by atoms with Crippen molar-refractivity contribution in [2.75, 3.05) is 0 Å². The molecule has 2 saturated heterocycles. The Morgan fingerprint density at radius 2 is 2.00 bits per heavy atom. The summed E-state index contributed by atoms with van der Waals surface area (Å²) >= 11 is 1.34. The number of aryl methyl sites for hydroxylation is 1. The summed E-state index contributed by atoms with van der Waals surface area (Å²) in [5.41, 5.74) is 1.19. The Bertz CT molecular complexity index is 1060. The van der Waals surface area contributed by atoms with Crippen molar-refractivity contribution in [2.24, 2.45) is 0 Å². The zero-order valence-electron chi connectivity index (χ0n) is 18.0. The number of nitrogens with one attached hydrogen (secondary N) is 3. The van der Waals surface area contributed by atoms with Crippen molar-refractivity contribution in [3.8, 4) is 0 Å². The van der Waals surface area contributed by atoms with Crippen molar-refractivity contribution < 1.29 is 24.3 Å². The normalized spacial score (nSPS) is 23.9. The molecule has 0 spiro atoms. The minimum atomic E-state index is -1.07. The summed E-state index contributed by atoms with van der Waals surface area (Å²) in [6.45, 7) is 3.53. The number of rotatable bonds is 8. The number of H-pyrrole nitrogens is 1. The standard InChI is InChI=1S/C21H24N6O5S/c1-21(2)16(20(31)32)27-18(30)15(19(27)33-21)24-17(29)14(11-6-4-3-5-7-11)23-13(28)9-8-12-10-22-26-25-12/h3-7,10,14-16,19H,8-9H2,1-2H3,(H,23,28)(H,24,29)(H,31,32)(H,22,25,26)/t14-,15-,16+,19-/m1/s1. The number of carbonyl (C=O) groups excluding carboxylic acids is 3. The summed E-state index contributed by atoms with van der Waals surface area (Å²) < 4.78 is -0.695. The Balaban J connectivity index is 1.45. The van der Waals surface area contributed by atoms with E-state index in [1.807, 2.05) is 0 Å². The summed E-state index contributed by atoms with van der Waals surface area (Å²) in [4.78, 5) is 51.5. The van der Waals surface area contributed by atoms with Crippen LogP contribution in [-0.2, 0) is 25.6 Å². The maximum absolute atomic E-state index is 13.2. The van der Waals surface area contributed by atoms with Gasteiger partial charge in [-0.3, -0.25) is 14.4 Å². The predicted octanol–water partition coefficient (Wildman–Crippen LogP) is 0.227. The second kappa shape index (κ2) is 8.85. The van der Waals surface area contributed by atoms with Crippen molar-refractivity contribution in [3.05, 3.63) is 47.8 Å². The average molecular weight is 473 g/mol. The first-order valence-corrected chi connectivity index (χ1v) is 11.3. The van der Waals surface area contributed by atoms with Gasteiger partial charge < -0.3 is 20.6 Å². The van der Waals surface area contributed by atoms with E-state index in [1.165, 1.54) is 22.9 Å². The van der Waals surface area contributed by atoms with Gasteiger partial charge in [-0.05, 0) is 19.4 Å². The molecule has 3 heterocycles. The third kappa shape index (κ3) is 4.42. The highest BCUT2D eigenvalue weighted by molar-refractivity contribution is 8.01. The fourth-order valence-electron chi connectivity index (χ4n) is 4.15. The lowest BCUT2D eigenvalue weighted by Gasteiger charge is -2.44. The van der Waals surface area contributed by atoms with Crippen LogP contribution in [0.25, 0.3) is 0 Å². The van der Waals surface area contributed by atoms with Crippen LogP contribution in [-0.4, -0.2) is 71.3 Å². The number of β-lactam (4-membered cyclic amide) rings is 1. The van der Waals surface area contributed by atoms with E-state index in [0.29, 0.717) is 17.7 Å². The van der Waals surface area contributed by atoms with Gasteiger partial charge in [0, 0.05) is 17.6 Å². The van der Waals surface area contributed by atoms with Gasteiger partial charge in [0.15, 0.2) is 0 Å². The van der Waals surface area contributed by atoms with Crippen LogP contribution in [0.4, 0.5) is 0 Å². The molecule has 4 N–H and O–H groups in total. The zero-order valence-corrected chi connectivity index (χ0v) is 18.8. The topological polar surface area (TPSA) is 157 Å². The molecule has 4 rings (SSSR count). The van der Waals surface area contributed by atoms with Gasteiger partial charge in [-0.2, -0.15) is 15.4 Å². The molecule has 2 fully saturated rings. The van der Waals surface area contributed by atoms with Gasteiger partial charge in [-0.1, -0.05) is 30.3 Å². The van der Waals surface area contributed by atoms with Crippen LogP contribution >= 0.6 is 11.8 Å². The van der Waals surface area contributed by atoms with Crippen LogP contribution in [0.3, 0.4) is 0 Å². The molecule has 33 heavy (non-hydrogen) atoms. The van der Waals surface area contributed by atoms with Crippen molar-refractivity contribution in [2.45, 2.75) is 54.9 Å². The van der Waals surface area contributed by atoms with Gasteiger partial charge >= 0.3 is 5.97 Å². The maximum atomic E-state index is 13.2. The maximum Gasteiger partial charge on any atom is 0.327 e. The summed E-state index contributed by atoms with van der Waals surface area (Å²) in [7, 11) is 0. The molecular weight excluding hydrogens is 448 g/mol. The average Bonchev–Trinajstić information content (AvgIpc) is 3.38. The van der Waals surface area contributed by atoms with E-state index in [-0.39, 0.29) is 12.3 Å². The second-order valence-corrected chi connectivity index (χ2v) is 10.2. The molecule has 0 radical (unpaired) electrons. The Morgan fingerprint density at radius 1 is 1.27 bits per heavy atom. The molecule has 0 saturated carbocycles. The number of aliphatic carboxylic acids is 1. The highest BCUT2D eigenvalue weighted by atomic mass is 32.2. The van der Waals surface area contributed by atoms with Gasteiger partial charge in [-0.15, -0.1) is 11.8 Å². The monoisotopic (exact) mass is 472 g/mol. The first-order chi connectivity index (χ1) is 15.7. The number of amides is 3. The van der Waals surface area contributed by atoms with Crippen molar-refractivity contribution in [1.82, 2.24) is 30.9 Å². The molecule has 3 amide bonds. The zero-order chi connectivity index (χ0) is 23.8. The molecule has 0 bridgehead atoms. The lowest BCUT2D eigenvalue weighted by molar-refractivity contribution is -0.161. The van der Waals surface area contributed by atoms with Gasteiger partial charge in [0.25, 0.3) is 0 Å². The van der Waals surface area contributed by atoms with Crippen LogP contribution in [0.15, 0.2) is 36.5 Å². The van der Waals surface area contributed by atoms with Crippen LogP contribution in [0.2, 0.25) is 0 Å². The first-order valence-electron chi connectivity index (χ1n) is 10.4. The quantitative estimate of drug-likeness (QED) is 0.398. The highest BCUT2D eigenvalue weighted by Crippen LogP contribution is 2.50. The van der Waals surface area contributed by atoms with E-state index >= 15 is 0 Å². The summed E-state index contributed by atoms with van der Waals surface area (Å²) in [6.07, 6.45) is 1.98. The smallest absolute Gasteiger partial charge is 0.327 e. The molecular formula is C21H24N6O5S. The molecule has 12 heteroatoms. The summed E-state index contributed by atoms with van der Waals surface area (Å²) in [5.74, 6) is -2.41. The van der Waals surface area contributed by atoms with Crippen molar-refractivity contribution in [3.63, 3.8) is 0 Å². The number of carboxylic acids is 1. The lowest BCUT2D eigenvalue weighted by Crippen LogP contribution is -2.71. The molecule has 0 unspecified atom stereocenters. The van der Waals surface area contributed by atoms with Crippen LogP contribution in [0.1, 0.15) is 37.6 Å². The van der Waals surface area contributed by atoms with Crippen LogP contribution in [0.5, 0.6) is 0 Å². The largest absolute Gasteiger partial charge is 0.480 e. The van der Waals surface area contributed by atoms with Crippen LogP contribution < -0.4 is 10.6 Å². The molecule has 174 valence electrons. The van der Waals surface area contributed by atoms with E-state index in [4.69, 9.17) is 0 Å². The fourth-order valence-corrected chi connectivity index (χ4v) is 5.77. The van der Waals surface area contributed by atoms with E-state index in [0.717, 1.165) is 0 Å². The Hall–Kier alpha value is -3.41. The molecule has 1 aromatic heterocycles. The SMILES string of the molecule is CC1(C)S[C@@H]2[C@H](NC(=O)[C@H](NC(=O)CCc3cn[nH]n3)c3ccccc3)C(=O)N2[C@H]1C(=O)O. The summed E-state index contributed by atoms with van der Waals surface area (Å²) in [5, 5.41) is 24.6. The van der Waals surface area contributed by atoms with Crippen LogP contribution in [0, 0.1) is 0 Å². The molecule has 2 aliphatic heterocycles. The number of fused-ring (bicyclic) bond motifs is 1. The number of nitrogens with zero attached hydrogens (tertiary/aromatic N) is 3. The predicted molar refractivity (Wildman–Crippen MR) is 118 cm³/mol. The second-order valence-electron chi connectivity index (χ2n) is 8.46. The molecule has 2 aliphatic rings. The minimum absolute atomic E-state index is 0.103. The number of aromatic amines is 1. The Morgan fingerprint density at radius 3 is 2.64 bits per heavy atom. The number of carboxylic acid groups (broad SMARTS) is 1. The molecule has 11 nitrogen and oxygen atoms in total. The number of carbonyl (C=O) groups is 4. The molecule has 2 aromatic rings. The fraction of sp³-hybridized carbons (Fsp3) is 0.429. The Labute approximate surface area is 193 Å². The Kier molecular flexibility index (Phi) is 6.11. The van der Waals surface area contributed by atoms with E-state index < -0.39 is 46.0 Å². The number of aromatic nitrogens is 3. The third-order valence-corrected chi connectivity index (χ3v) is 7.32. The first kappa shape index (κ1) is 22.8. The third-order valence-electron chi connectivity index (χ3n) is 5.75. The number of hydrogen-bond acceptors (Lipinski definition) is 7. The van der Waals surface area contributed by atoms with Gasteiger partial charge in [0.05, 0.1) is 11.9 Å².